The minimum atomic E-state index is 0.00911. The normalized spacial score (nSPS) is 12.6. The third kappa shape index (κ3) is 44.3. The van der Waals surface area contributed by atoms with Crippen molar-refractivity contribution in [2.45, 2.75) is 310 Å². The first-order valence-electron chi connectivity index (χ1n) is 26.3. The zero-order chi connectivity index (χ0) is 41.6. The summed E-state index contributed by atoms with van der Waals surface area (Å²) in [6, 6.07) is 0. The molecule has 0 N–H and O–H groups in total. The van der Waals surface area contributed by atoms with Crippen molar-refractivity contribution in [2.75, 3.05) is 13.2 Å². The van der Waals surface area contributed by atoms with Gasteiger partial charge in [-0.25, -0.2) is 0 Å². The Labute approximate surface area is 358 Å². The Balaban J connectivity index is 3.48. The van der Waals surface area contributed by atoms with Crippen LogP contribution in [-0.4, -0.2) is 25.2 Å². The predicted octanol–water partition coefficient (Wildman–Crippen LogP) is 18.3. The summed E-state index contributed by atoms with van der Waals surface area (Å²) in [5.41, 5.74) is 0.447. The maximum Gasteiger partial charge on any atom is 0.305 e. The van der Waals surface area contributed by atoms with Crippen LogP contribution in [0.25, 0.3) is 0 Å². The smallest absolute Gasteiger partial charge is 0.305 e. The average Bonchev–Trinajstić information content (AvgIpc) is 3.21. The molecule has 4 heteroatoms. The molecule has 0 aromatic carbocycles. The van der Waals surface area contributed by atoms with Crippen LogP contribution in [0.15, 0.2) is 0 Å². The lowest BCUT2D eigenvalue weighted by atomic mass is 9.77. The highest BCUT2D eigenvalue weighted by molar-refractivity contribution is 5.69. The Kier molecular flexibility index (Phi) is 45.2. The number of hydrogen-bond acceptors (Lipinski definition) is 4. The topological polar surface area (TPSA) is 52.6 Å². The second-order valence-corrected chi connectivity index (χ2v) is 18.7. The molecule has 0 saturated carbocycles. The molecule has 1 unspecified atom stereocenters. The molecule has 0 fully saturated rings. The summed E-state index contributed by atoms with van der Waals surface area (Å²) >= 11 is 0. The maximum atomic E-state index is 12.1. The molecule has 0 rings (SSSR count). The Morgan fingerprint density at radius 2 is 0.544 bits per heavy atom. The van der Waals surface area contributed by atoms with Crippen LogP contribution < -0.4 is 0 Å². The maximum absolute atomic E-state index is 12.1. The van der Waals surface area contributed by atoms with E-state index in [1.54, 1.807) is 0 Å². The van der Waals surface area contributed by atoms with E-state index in [1.807, 2.05) is 0 Å². The van der Waals surface area contributed by atoms with Crippen molar-refractivity contribution in [1.29, 1.82) is 0 Å². The Bertz CT molecular complexity index is 811. The summed E-state index contributed by atoms with van der Waals surface area (Å²) in [5, 5.41) is 0. The molecule has 4 nitrogen and oxygen atoms in total. The van der Waals surface area contributed by atoms with Crippen molar-refractivity contribution in [3.05, 3.63) is 0 Å². The highest BCUT2D eigenvalue weighted by Gasteiger charge is 2.20. The molecule has 0 aromatic heterocycles. The lowest BCUT2D eigenvalue weighted by molar-refractivity contribution is -0.144. The van der Waals surface area contributed by atoms with Gasteiger partial charge in [-0.15, -0.1) is 0 Å². The van der Waals surface area contributed by atoms with E-state index in [9.17, 15) is 9.59 Å². The average molecular weight is 805 g/mol. The minimum Gasteiger partial charge on any atom is -0.466 e. The third-order valence-corrected chi connectivity index (χ3v) is 12.9. The third-order valence-electron chi connectivity index (χ3n) is 12.9. The molecule has 1 atom stereocenters. The van der Waals surface area contributed by atoms with Crippen LogP contribution in [0.5, 0.6) is 0 Å². The van der Waals surface area contributed by atoms with Gasteiger partial charge in [0.05, 0.1) is 13.2 Å². The van der Waals surface area contributed by atoms with Crippen molar-refractivity contribution < 1.29 is 19.1 Å². The number of carbonyl (C=O) groups is 2. The largest absolute Gasteiger partial charge is 0.466 e. The van der Waals surface area contributed by atoms with Crippen LogP contribution in [0.4, 0.5) is 0 Å². The van der Waals surface area contributed by atoms with Gasteiger partial charge in [0.2, 0.25) is 0 Å². The molecule has 0 aliphatic rings. The first-order chi connectivity index (χ1) is 28.0. The van der Waals surface area contributed by atoms with Crippen LogP contribution in [0.2, 0.25) is 0 Å². The number of carbonyl (C=O) groups excluding carboxylic acids is 2. The number of rotatable bonds is 48. The summed E-state index contributed by atoms with van der Waals surface area (Å²) in [6.07, 6.45) is 56.2. The molecular formula is C53H104O4. The summed E-state index contributed by atoms with van der Waals surface area (Å²) in [5.74, 6) is 0.0184. The van der Waals surface area contributed by atoms with Crippen molar-refractivity contribution in [2.24, 2.45) is 5.41 Å². The number of hydrogen-bond donors (Lipinski definition) is 0. The van der Waals surface area contributed by atoms with E-state index >= 15 is 0 Å². The van der Waals surface area contributed by atoms with Crippen molar-refractivity contribution >= 4 is 11.9 Å². The first kappa shape index (κ1) is 55.9. The molecule has 340 valence electrons. The van der Waals surface area contributed by atoms with Crippen molar-refractivity contribution in [3.8, 4) is 0 Å². The van der Waals surface area contributed by atoms with E-state index < -0.39 is 0 Å². The fourth-order valence-electron chi connectivity index (χ4n) is 8.47. The van der Waals surface area contributed by atoms with Crippen LogP contribution >= 0.6 is 0 Å². The van der Waals surface area contributed by atoms with Crippen LogP contribution in [0.3, 0.4) is 0 Å². The summed E-state index contributed by atoms with van der Waals surface area (Å²) in [7, 11) is 0. The monoisotopic (exact) mass is 805 g/mol. The van der Waals surface area contributed by atoms with Crippen LogP contribution in [0.1, 0.15) is 310 Å². The summed E-state index contributed by atoms with van der Waals surface area (Å²) < 4.78 is 11.0. The summed E-state index contributed by atoms with van der Waals surface area (Å²) in [4.78, 5) is 24.3. The molecule has 0 aliphatic heterocycles. The molecule has 0 aliphatic carbocycles. The van der Waals surface area contributed by atoms with E-state index in [-0.39, 0.29) is 11.9 Å². The van der Waals surface area contributed by atoms with Crippen LogP contribution in [-0.2, 0) is 19.1 Å². The van der Waals surface area contributed by atoms with Gasteiger partial charge in [-0.05, 0) is 43.9 Å². The highest BCUT2D eigenvalue weighted by Crippen LogP contribution is 2.34. The van der Waals surface area contributed by atoms with Crippen LogP contribution in [0, 0.1) is 5.41 Å². The lowest BCUT2D eigenvalue weighted by Crippen LogP contribution is -2.15. The molecule has 0 amide bonds. The molecule has 0 bridgehead atoms. The number of esters is 2. The van der Waals surface area contributed by atoms with Gasteiger partial charge in [-0.3, -0.25) is 9.59 Å². The van der Waals surface area contributed by atoms with Crippen molar-refractivity contribution in [1.82, 2.24) is 0 Å². The quantitative estimate of drug-likeness (QED) is 0.0454. The minimum absolute atomic E-state index is 0.00911. The molecule has 0 radical (unpaired) electrons. The van der Waals surface area contributed by atoms with Gasteiger partial charge >= 0.3 is 11.9 Å². The second kappa shape index (κ2) is 46.0. The fourth-order valence-corrected chi connectivity index (χ4v) is 8.47. The fraction of sp³-hybridized carbons (Fsp3) is 0.962. The van der Waals surface area contributed by atoms with E-state index in [1.165, 1.54) is 238 Å². The van der Waals surface area contributed by atoms with E-state index in [4.69, 9.17) is 9.47 Å². The van der Waals surface area contributed by atoms with E-state index in [0.29, 0.717) is 31.5 Å². The van der Waals surface area contributed by atoms with Gasteiger partial charge in [0, 0.05) is 12.8 Å². The predicted molar refractivity (Wildman–Crippen MR) is 250 cm³/mol. The Hall–Kier alpha value is -1.06. The molecule has 0 heterocycles. The Morgan fingerprint density at radius 3 is 0.807 bits per heavy atom. The van der Waals surface area contributed by atoms with Crippen molar-refractivity contribution in [3.63, 3.8) is 0 Å². The summed E-state index contributed by atoms with van der Waals surface area (Å²) in [6.45, 7) is 10.6. The molecular weight excluding hydrogens is 701 g/mol. The number of ether oxygens (including phenoxy) is 2. The standard InChI is InChI=1S/C53H104O4/c1-5-8-10-12-14-16-18-20-22-24-26-28-30-33-39-45-51(54)56-49-43-37-32-35-41-47-53(4,7-3)48-42-36-38-44-50-57-52(55)46-40-34-31-29-27-25-23-21-19-17-15-13-11-9-6-2/h5-50H2,1-4H3. The lowest BCUT2D eigenvalue weighted by Gasteiger charge is -2.28. The van der Waals surface area contributed by atoms with E-state index in [2.05, 4.69) is 27.7 Å². The Morgan fingerprint density at radius 1 is 0.316 bits per heavy atom. The SMILES string of the molecule is CCCCCCCCCCCCCCCCCC(=O)OCCCCCCCC(C)(CC)CCCCCCOC(=O)CCCCCCCCCCCCCCCCC. The van der Waals surface area contributed by atoms with Gasteiger partial charge in [-0.2, -0.15) is 0 Å². The molecule has 0 saturated heterocycles. The van der Waals surface area contributed by atoms with Gasteiger partial charge in [-0.1, -0.05) is 259 Å². The highest BCUT2D eigenvalue weighted by atomic mass is 16.5. The molecule has 0 spiro atoms. The molecule has 0 aromatic rings. The van der Waals surface area contributed by atoms with Gasteiger partial charge in [0.1, 0.15) is 0 Å². The first-order valence-corrected chi connectivity index (χ1v) is 26.3. The zero-order valence-corrected chi connectivity index (χ0v) is 39.7. The van der Waals surface area contributed by atoms with Gasteiger partial charge in [0.15, 0.2) is 0 Å². The zero-order valence-electron chi connectivity index (χ0n) is 39.7. The van der Waals surface area contributed by atoms with Gasteiger partial charge in [0.25, 0.3) is 0 Å². The number of unbranched alkanes of at least 4 members (excludes halogenated alkanes) is 35. The molecule has 57 heavy (non-hydrogen) atoms. The second-order valence-electron chi connectivity index (χ2n) is 18.7. The van der Waals surface area contributed by atoms with E-state index in [0.717, 1.165) is 32.1 Å². The van der Waals surface area contributed by atoms with Gasteiger partial charge < -0.3 is 9.47 Å².